The maximum Gasteiger partial charge on any atom is 0.203 e. The Labute approximate surface area is 190 Å². The fourth-order valence-corrected chi connectivity index (χ4v) is 3.93. The minimum atomic E-state index is -0.245. The van der Waals surface area contributed by atoms with Crippen molar-refractivity contribution in [2.75, 3.05) is 42.7 Å². The summed E-state index contributed by atoms with van der Waals surface area (Å²) in [6.07, 6.45) is 0. The minimum Gasteiger partial charge on any atom is -0.496 e. The molecule has 0 aliphatic carbocycles. The molecule has 0 amide bonds. The molecular formula is C25H24O8. The normalized spacial score (nSPS) is 10.8. The number of ether oxygens (including phenoxy) is 6. The summed E-state index contributed by atoms with van der Waals surface area (Å²) >= 11 is 0. The maximum absolute atomic E-state index is 13.2. The van der Waals surface area contributed by atoms with Gasteiger partial charge in [-0.2, -0.15) is 0 Å². The Kier molecular flexibility index (Phi) is 5.91. The van der Waals surface area contributed by atoms with Crippen LogP contribution in [-0.2, 0) is 0 Å². The van der Waals surface area contributed by atoms with Crippen molar-refractivity contribution in [1.82, 2.24) is 0 Å². The molecule has 0 aliphatic heterocycles. The summed E-state index contributed by atoms with van der Waals surface area (Å²) in [4.78, 5) is 13.2. The third kappa shape index (κ3) is 3.53. The van der Waals surface area contributed by atoms with Gasteiger partial charge in [-0.15, -0.1) is 0 Å². The van der Waals surface area contributed by atoms with Gasteiger partial charge in [-0.25, -0.2) is 0 Å². The first kappa shape index (κ1) is 22.1. The first-order valence-corrected chi connectivity index (χ1v) is 10.0. The molecule has 0 N–H and O–H groups in total. The zero-order valence-electron chi connectivity index (χ0n) is 19.2. The number of hydrogen-bond donors (Lipinski definition) is 0. The van der Waals surface area contributed by atoms with Gasteiger partial charge in [0.25, 0.3) is 0 Å². The lowest BCUT2D eigenvalue weighted by Gasteiger charge is -2.16. The minimum absolute atomic E-state index is 0.245. The SMILES string of the molecule is COc1cc(-c2cc(=O)c3cc(OC)c4c(OC)ccc(OC)c4c3o2)cc(OC)c1OC. The Bertz CT molecular complexity index is 1380. The van der Waals surface area contributed by atoms with Crippen LogP contribution in [-0.4, -0.2) is 42.7 Å². The highest BCUT2D eigenvalue weighted by molar-refractivity contribution is 6.13. The molecule has 0 unspecified atom stereocenters. The van der Waals surface area contributed by atoms with Crippen LogP contribution in [0.25, 0.3) is 33.1 Å². The summed E-state index contributed by atoms with van der Waals surface area (Å²) in [5.41, 5.74) is 0.678. The van der Waals surface area contributed by atoms with Crippen molar-refractivity contribution in [3.63, 3.8) is 0 Å². The molecule has 8 heteroatoms. The molecular weight excluding hydrogens is 428 g/mol. The molecule has 0 atom stereocenters. The van der Waals surface area contributed by atoms with Crippen LogP contribution in [0.4, 0.5) is 0 Å². The molecule has 0 saturated heterocycles. The smallest absolute Gasteiger partial charge is 0.203 e. The van der Waals surface area contributed by atoms with Gasteiger partial charge in [-0.1, -0.05) is 0 Å². The summed E-state index contributed by atoms with van der Waals surface area (Å²) in [6, 6.07) is 10.0. The molecule has 0 bridgehead atoms. The van der Waals surface area contributed by atoms with E-state index in [2.05, 4.69) is 0 Å². The Morgan fingerprint density at radius 3 is 1.67 bits per heavy atom. The highest BCUT2D eigenvalue weighted by Crippen LogP contribution is 2.45. The van der Waals surface area contributed by atoms with Gasteiger partial charge in [0.1, 0.15) is 23.0 Å². The largest absolute Gasteiger partial charge is 0.496 e. The molecule has 0 fully saturated rings. The van der Waals surface area contributed by atoms with E-state index in [0.29, 0.717) is 67.6 Å². The Balaban J connectivity index is 2.13. The van der Waals surface area contributed by atoms with Crippen LogP contribution in [0.5, 0.6) is 34.5 Å². The summed E-state index contributed by atoms with van der Waals surface area (Å²) in [6.45, 7) is 0. The second kappa shape index (κ2) is 8.82. The first-order valence-electron chi connectivity index (χ1n) is 10.0. The van der Waals surface area contributed by atoms with Gasteiger partial charge in [-0.05, 0) is 30.3 Å². The third-order valence-corrected chi connectivity index (χ3v) is 5.47. The Hall–Kier alpha value is -4.07. The second-order valence-electron chi connectivity index (χ2n) is 7.06. The second-order valence-corrected chi connectivity index (χ2v) is 7.06. The number of hydrogen-bond acceptors (Lipinski definition) is 8. The Morgan fingerprint density at radius 2 is 1.15 bits per heavy atom. The number of rotatable bonds is 7. The molecule has 1 heterocycles. The van der Waals surface area contributed by atoms with E-state index >= 15 is 0 Å². The zero-order valence-corrected chi connectivity index (χ0v) is 19.2. The molecule has 4 aromatic rings. The zero-order chi connectivity index (χ0) is 23.7. The molecule has 0 aliphatic rings. The average Bonchev–Trinajstić information content (AvgIpc) is 2.86. The summed E-state index contributed by atoms with van der Waals surface area (Å²) < 4.78 is 39.3. The molecule has 0 saturated carbocycles. The van der Waals surface area contributed by atoms with E-state index in [-0.39, 0.29) is 5.43 Å². The van der Waals surface area contributed by atoms with Crippen molar-refractivity contribution in [2.24, 2.45) is 0 Å². The van der Waals surface area contributed by atoms with Crippen molar-refractivity contribution in [3.8, 4) is 45.8 Å². The summed E-state index contributed by atoms with van der Waals surface area (Å²) in [5.74, 6) is 3.19. The van der Waals surface area contributed by atoms with Gasteiger partial charge in [0.05, 0.1) is 58.8 Å². The van der Waals surface area contributed by atoms with Crippen LogP contribution in [0.1, 0.15) is 0 Å². The van der Waals surface area contributed by atoms with Crippen molar-refractivity contribution >= 4 is 21.7 Å². The van der Waals surface area contributed by atoms with Gasteiger partial charge in [0.15, 0.2) is 22.5 Å². The lowest BCUT2D eigenvalue weighted by Crippen LogP contribution is -2.03. The van der Waals surface area contributed by atoms with Crippen LogP contribution in [0.3, 0.4) is 0 Å². The molecule has 33 heavy (non-hydrogen) atoms. The molecule has 0 spiro atoms. The fraction of sp³-hybridized carbons (Fsp3) is 0.240. The van der Waals surface area contributed by atoms with Gasteiger partial charge in [0, 0.05) is 11.6 Å². The molecule has 8 nitrogen and oxygen atoms in total. The van der Waals surface area contributed by atoms with E-state index in [1.54, 1.807) is 44.6 Å². The topological polar surface area (TPSA) is 85.6 Å². The van der Waals surface area contributed by atoms with Crippen molar-refractivity contribution in [1.29, 1.82) is 0 Å². The van der Waals surface area contributed by atoms with E-state index in [1.807, 2.05) is 0 Å². The molecule has 3 aromatic carbocycles. The Morgan fingerprint density at radius 1 is 0.606 bits per heavy atom. The molecule has 4 rings (SSSR count). The monoisotopic (exact) mass is 452 g/mol. The lowest BCUT2D eigenvalue weighted by atomic mass is 10.0. The molecule has 172 valence electrons. The maximum atomic E-state index is 13.2. The predicted molar refractivity (Wildman–Crippen MR) is 125 cm³/mol. The van der Waals surface area contributed by atoms with Crippen LogP contribution in [0.15, 0.2) is 45.6 Å². The van der Waals surface area contributed by atoms with Crippen molar-refractivity contribution in [3.05, 3.63) is 46.6 Å². The quantitative estimate of drug-likeness (QED) is 0.374. The average molecular weight is 452 g/mol. The van der Waals surface area contributed by atoms with Crippen LogP contribution in [0.2, 0.25) is 0 Å². The van der Waals surface area contributed by atoms with E-state index in [4.69, 9.17) is 32.8 Å². The van der Waals surface area contributed by atoms with Gasteiger partial charge >= 0.3 is 0 Å². The van der Waals surface area contributed by atoms with E-state index in [1.165, 1.54) is 34.5 Å². The summed E-state index contributed by atoms with van der Waals surface area (Å²) in [5, 5.41) is 1.55. The van der Waals surface area contributed by atoms with Gasteiger partial charge in [-0.3, -0.25) is 4.79 Å². The van der Waals surface area contributed by atoms with Crippen molar-refractivity contribution in [2.45, 2.75) is 0 Å². The van der Waals surface area contributed by atoms with Crippen LogP contribution >= 0.6 is 0 Å². The third-order valence-electron chi connectivity index (χ3n) is 5.47. The number of fused-ring (bicyclic) bond motifs is 3. The van der Waals surface area contributed by atoms with Gasteiger partial charge in [0.2, 0.25) is 5.75 Å². The predicted octanol–water partition coefficient (Wildman–Crippen LogP) is 4.66. The van der Waals surface area contributed by atoms with Crippen molar-refractivity contribution < 1.29 is 32.8 Å². The summed E-state index contributed by atoms with van der Waals surface area (Å²) in [7, 11) is 9.21. The van der Waals surface area contributed by atoms with Crippen LogP contribution < -0.4 is 33.8 Å². The highest BCUT2D eigenvalue weighted by atomic mass is 16.5. The highest BCUT2D eigenvalue weighted by Gasteiger charge is 2.21. The first-order chi connectivity index (χ1) is 16.0. The number of methoxy groups -OCH3 is 6. The van der Waals surface area contributed by atoms with E-state index < -0.39 is 0 Å². The molecule has 1 aromatic heterocycles. The van der Waals surface area contributed by atoms with E-state index in [9.17, 15) is 4.79 Å². The lowest BCUT2D eigenvalue weighted by molar-refractivity contribution is 0.324. The number of benzene rings is 3. The standard InChI is InChI=1S/C25H24O8/c1-27-16-7-8-17(28-2)23-22(16)19(29-3)11-14-15(26)12-18(33-24(14)23)13-9-20(30-4)25(32-6)21(10-13)31-5/h7-12H,1-6H3. The van der Waals surface area contributed by atoms with Gasteiger partial charge < -0.3 is 32.8 Å². The van der Waals surface area contributed by atoms with E-state index in [0.717, 1.165) is 0 Å². The molecule has 0 radical (unpaired) electrons. The van der Waals surface area contributed by atoms with Crippen LogP contribution in [0, 0.1) is 0 Å². The fourth-order valence-electron chi connectivity index (χ4n) is 3.93.